The highest BCUT2D eigenvalue weighted by molar-refractivity contribution is 5.80. The number of aryl methyl sites for hydroxylation is 1. The van der Waals surface area contributed by atoms with Crippen molar-refractivity contribution in [2.45, 2.75) is 57.2 Å². The second-order valence-corrected chi connectivity index (χ2v) is 6.90. The van der Waals surface area contributed by atoms with E-state index in [-0.39, 0.29) is 23.6 Å². The normalized spacial score (nSPS) is 31.7. The summed E-state index contributed by atoms with van der Waals surface area (Å²) < 4.78 is 16.8. The van der Waals surface area contributed by atoms with Gasteiger partial charge in [-0.05, 0) is 62.3 Å². The number of benzene rings is 1. The molecule has 4 heteroatoms. The SMILES string of the molecule is CCOC(=O)C1CC12CCc1cc(OC3CCCCO3)ccc12. The van der Waals surface area contributed by atoms with Crippen LogP contribution < -0.4 is 4.74 Å². The van der Waals surface area contributed by atoms with E-state index in [1.165, 1.54) is 17.5 Å². The number of hydrogen-bond acceptors (Lipinski definition) is 4. The fraction of sp³-hybridized carbons (Fsp3) is 0.632. The Kier molecular flexibility index (Phi) is 3.80. The Hall–Kier alpha value is -1.55. The summed E-state index contributed by atoms with van der Waals surface area (Å²) >= 11 is 0. The molecule has 0 bridgehead atoms. The molecule has 0 radical (unpaired) electrons. The Bertz CT molecular complexity index is 605. The van der Waals surface area contributed by atoms with Crippen LogP contribution in [0.4, 0.5) is 0 Å². The zero-order chi connectivity index (χ0) is 15.9. The Labute approximate surface area is 137 Å². The number of hydrogen-bond donors (Lipinski definition) is 0. The average Bonchev–Trinajstić information content (AvgIpc) is 3.19. The summed E-state index contributed by atoms with van der Waals surface area (Å²) in [5.74, 6) is 0.912. The zero-order valence-corrected chi connectivity index (χ0v) is 13.7. The minimum absolute atomic E-state index is 0.0312. The van der Waals surface area contributed by atoms with E-state index in [1.54, 1.807) is 0 Å². The van der Waals surface area contributed by atoms with Gasteiger partial charge in [-0.25, -0.2) is 0 Å². The van der Waals surface area contributed by atoms with Gasteiger partial charge in [0.2, 0.25) is 0 Å². The van der Waals surface area contributed by atoms with Gasteiger partial charge in [-0.3, -0.25) is 4.79 Å². The molecule has 1 saturated carbocycles. The van der Waals surface area contributed by atoms with Crippen molar-refractivity contribution in [2.24, 2.45) is 5.92 Å². The molecule has 0 N–H and O–H groups in total. The van der Waals surface area contributed by atoms with Gasteiger partial charge in [0.25, 0.3) is 0 Å². The van der Waals surface area contributed by atoms with Crippen LogP contribution in [0.3, 0.4) is 0 Å². The number of carbonyl (C=O) groups is 1. The number of carbonyl (C=O) groups excluding carboxylic acids is 1. The fourth-order valence-electron chi connectivity index (χ4n) is 4.22. The molecule has 23 heavy (non-hydrogen) atoms. The first-order chi connectivity index (χ1) is 11.2. The summed E-state index contributed by atoms with van der Waals surface area (Å²) in [6.45, 7) is 3.12. The van der Waals surface area contributed by atoms with Crippen molar-refractivity contribution in [3.63, 3.8) is 0 Å². The lowest BCUT2D eigenvalue weighted by Crippen LogP contribution is -2.25. The second kappa shape index (κ2) is 5.82. The van der Waals surface area contributed by atoms with Gasteiger partial charge in [0.05, 0.1) is 19.1 Å². The molecule has 3 atom stereocenters. The minimum Gasteiger partial charge on any atom is -0.466 e. The second-order valence-electron chi connectivity index (χ2n) is 6.90. The van der Waals surface area contributed by atoms with Crippen molar-refractivity contribution in [2.75, 3.05) is 13.2 Å². The van der Waals surface area contributed by atoms with Crippen molar-refractivity contribution >= 4 is 5.97 Å². The maximum atomic E-state index is 12.0. The molecule has 4 rings (SSSR count). The largest absolute Gasteiger partial charge is 0.466 e. The van der Waals surface area contributed by atoms with Crippen LogP contribution in [0.15, 0.2) is 18.2 Å². The molecule has 3 aliphatic rings. The van der Waals surface area contributed by atoms with E-state index in [0.717, 1.165) is 44.5 Å². The summed E-state index contributed by atoms with van der Waals surface area (Å²) in [5, 5.41) is 0. The van der Waals surface area contributed by atoms with Gasteiger partial charge < -0.3 is 14.2 Å². The molecule has 2 fully saturated rings. The summed E-state index contributed by atoms with van der Waals surface area (Å²) in [5.41, 5.74) is 2.69. The average molecular weight is 316 g/mol. The summed E-state index contributed by atoms with van der Waals surface area (Å²) in [6, 6.07) is 6.33. The van der Waals surface area contributed by atoms with Gasteiger partial charge in [-0.15, -0.1) is 0 Å². The fourth-order valence-corrected chi connectivity index (χ4v) is 4.22. The van der Waals surface area contributed by atoms with E-state index in [1.807, 2.05) is 13.0 Å². The molecule has 1 aromatic rings. The van der Waals surface area contributed by atoms with Gasteiger partial charge in [-0.1, -0.05) is 6.07 Å². The highest BCUT2D eigenvalue weighted by Crippen LogP contribution is 2.62. The number of ether oxygens (including phenoxy) is 3. The summed E-state index contributed by atoms with van der Waals surface area (Å²) in [4.78, 5) is 12.0. The molecule has 2 aliphatic carbocycles. The Morgan fingerprint density at radius 1 is 1.39 bits per heavy atom. The highest BCUT2D eigenvalue weighted by atomic mass is 16.7. The lowest BCUT2D eigenvalue weighted by Gasteiger charge is -2.23. The molecular formula is C19H24O4. The smallest absolute Gasteiger partial charge is 0.309 e. The molecule has 0 amide bonds. The summed E-state index contributed by atoms with van der Waals surface area (Å²) in [7, 11) is 0. The maximum absolute atomic E-state index is 12.0. The van der Waals surface area contributed by atoms with Crippen LogP contribution in [0.2, 0.25) is 0 Å². The third kappa shape index (κ3) is 2.63. The lowest BCUT2D eigenvalue weighted by atomic mass is 9.95. The molecule has 1 saturated heterocycles. The topological polar surface area (TPSA) is 44.8 Å². The van der Waals surface area contributed by atoms with Gasteiger partial charge >= 0.3 is 5.97 Å². The van der Waals surface area contributed by atoms with Gasteiger partial charge in [0.1, 0.15) is 5.75 Å². The quantitative estimate of drug-likeness (QED) is 0.799. The Morgan fingerprint density at radius 3 is 3.09 bits per heavy atom. The lowest BCUT2D eigenvalue weighted by molar-refractivity contribution is -0.145. The molecule has 1 aromatic carbocycles. The number of fused-ring (bicyclic) bond motifs is 2. The first kappa shape index (κ1) is 15.0. The van der Waals surface area contributed by atoms with Gasteiger partial charge in [0.15, 0.2) is 6.29 Å². The van der Waals surface area contributed by atoms with Crippen molar-refractivity contribution in [1.29, 1.82) is 0 Å². The number of rotatable bonds is 4. The molecule has 0 aromatic heterocycles. The van der Waals surface area contributed by atoms with E-state index in [0.29, 0.717) is 6.61 Å². The van der Waals surface area contributed by atoms with Crippen LogP contribution in [-0.2, 0) is 26.1 Å². The van der Waals surface area contributed by atoms with Crippen LogP contribution in [0.1, 0.15) is 50.2 Å². The molecule has 1 spiro atoms. The van der Waals surface area contributed by atoms with E-state index in [2.05, 4.69) is 12.1 Å². The van der Waals surface area contributed by atoms with Crippen molar-refractivity contribution in [1.82, 2.24) is 0 Å². The Balaban J connectivity index is 1.48. The van der Waals surface area contributed by atoms with Gasteiger partial charge in [-0.2, -0.15) is 0 Å². The van der Waals surface area contributed by atoms with E-state index in [4.69, 9.17) is 14.2 Å². The predicted molar refractivity (Wildman–Crippen MR) is 85.4 cm³/mol. The standard InChI is InChI=1S/C19H24O4/c1-2-21-18(20)16-12-19(16)9-8-13-11-14(6-7-15(13)19)23-17-5-3-4-10-22-17/h6-7,11,16-17H,2-5,8-10,12H2,1H3. The molecule has 1 aliphatic heterocycles. The minimum atomic E-state index is -0.106. The molecule has 4 nitrogen and oxygen atoms in total. The van der Waals surface area contributed by atoms with Crippen molar-refractivity contribution in [3.8, 4) is 5.75 Å². The van der Waals surface area contributed by atoms with Crippen LogP contribution in [0, 0.1) is 5.92 Å². The van der Waals surface area contributed by atoms with Crippen LogP contribution in [0.5, 0.6) is 5.75 Å². The summed E-state index contributed by atoms with van der Waals surface area (Å²) in [6.07, 6.45) is 6.16. The third-order valence-corrected chi connectivity index (χ3v) is 5.51. The molecule has 124 valence electrons. The van der Waals surface area contributed by atoms with E-state index >= 15 is 0 Å². The van der Waals surface area contributed by atoms with E-state index < -0.39 is 0 Å². The Morgan fingerprint density at radius 2 is 2.30 bits per heavy atom. The van der Waals surface area contributed by atoms with Crippen molar-refractivity contribution < 1.29 is 19.0 Å². The molecule has 1 heterocycles. The van der Waals surface area contributed by atoms with Crippen molar-refractivity contribution in [3.05, 3.63) is 29.3 Å². The molecule has 3 unspecified atom stereocenters. The van der Waals surface area contributed by atoms with Crippen LogP contribution in [-0.4, -0.2) is 25.5 Å². The highest BCUT2D eigenvalue weighted by Gasteiger charge is 2.62. The predicted octanol–water partition coefficient (Wildman–Crippen LogP) is 3.36. The molecular weight excluding hydrogens is 292 g/mol. The first-order valence-corrected chi connectivity index (χ1v) is 8.81. The monoisotopic (exact) mass is 316 g/mol. The number of esters is 1. The third-order valence-electron chi connectivity index (χ3n) is 5.51. The first-order valence-electron chi connectivity index (χ1n) is 8.81. The van der Waals surface area contributed by atoms with Crippen LogP contribution in [0.25, 0.3) is 0 Å². The van der Waals surface area contributed by atoms with Crippen LogP contribution >= 0.6 is 0 Å². The zero-order valence-electron chi connectivity index (χ0n) is 13.7. The van der Waals surface area contributed by atoms with E-state index in [9.17, 15) is 4.79 Å². The maximum Gasteiger partial charge on any atom is 0.309 e. The van der Waals surface area contributed by atoms with Gasteiger partial charge in [0, 0.05) is 11.8 Å².